The second-order valence-corrected chi connectivity index (χ2v) is 29.7. The molecule has 11 aromatic carbocycles. The summed E-state index contributed by atoms with van der Waals surface area (Å²) in [4.78, 5) is 31.9. The van der Waals surface area contributed by atoms with Gasteiger partial charge in [-0.15, -0.1) is 0 Å². The molecule has 0 amide bonds. The van der Waals surface area contributed by atoms with E-state index in [0.29, 0.717) is 23.5 Å². The Labute approximate surface area is 576 Å². The van der Waals surface area contributed by atoms with E-state index in [-0.39, 0.29) is 69.1 Å². The van der Waals surface area contributed by atoms with Gasteiger partial charge in [-0.2, -0.15) is 0 Å². The highest BCUT2D eigenvalue weighted by Crippen LogP contribution is 2.52. The maximum Gasteiger partial charge on any atom is 0.319 e. The zero-order valence-electron chi connectivity index (χ0n) is 55.6. The van der Waals surface area contributed by atoms with Crippen LogP contribution in [0.5, 0.6) is 23.0 Å². The molecule has 0 saturated carbocycles. The van der Waals surface area contributed by atoms with E-state index < -0.39 is 61.9 Å². The molecule has 0 aromatic heterocycles. The van der Waals surface area contributed by atoms with Crippen LogP contribution < -0.4 is 29.0 Å². The molecule has 12 rings (SSSR count). The fourth-order valence-electron chi connectivity index (χ4n) is 12.6. The summed E-state index contributed by atoms with van der Waals surface area (Å²) in [6.07, 6.45) is -5.43. The molecule has 0 spiro atoms. The maximum absolute atomic E-state index is 16.7. The standard InChI is InChI=1S/C86H82O11Si/c1-86(2,3)98(72-45-27-11-28-46-72,73-47-29-12-30-48-73)97-77-54-76(91-57-65-35-17-6-18-36-65)80(82(93-59-67-39-21-8-22-40-67)79(77)75(88)53-74(87)70-49-51-71(52-50-70)90-56-64-33-15-5-16-34-64)83-85(95-61-69-43-25-10-26-44-69)84(94-60-68-41-23-9-24-42-68)81(92-58-66-37-19-7-20-38-66)78(96-83)62-89-55-63-31-13-4-14-32-63/h4-52,54,78,81,83-85H,53,55-62H2,1-3H3/t78?,81-,83+,84?,85?/m1/s1. The molecule has 1 heterocycles. The van der Waals surface area contributed by atoms with Gasteiger partial charge < -0.3 is 42.3 Å². The fraction of sp³-hybridized carbons (Fsp3) is 0.209. The van der Waals surface area contributed by atoms with Crippen LogP contribution in [0.15, 0.2) is 303 Å². The van der Waals surface area contributed by atoms with Gasteiger partial charge in [-0.05, 0) is 78.6 Å². The van der Waals surface area contributed by atoms with Gasteiger partial charge in [0.25, 0.3) is 0 Å². The highest BCUT2D eigenvalue weighted by Gasteiger charge is 2.55. The van der Waals surface area contributed by atoms with Crippen molar-refractivity contribution >= 4 is 30.3 Å². The first-order valence-corrected chi connectivity index (χ1v) is 35.4. The van der Waals surface area contributed by atoms with Gasteiger partial charge in [-0.25, -0.2) is 0 Å². The summed E-state index contributed by atoms with van der Waals surface area (Å²) in [5.41, 5.74) is 7.08. The molecule has 1 fully saturated rings. The Hall–Kier alpha value is -10.0. The number of carbonyl (C=O) groups excluding carboxylic acids is 2. The molecular formula is C86H82O11Si. The first kappa shape index (κ1) is 67.9. The number of Topliss-reactive ketones (excluding diaryl/α,β-unsaturated/α-hetero) is 2. The predicted molar refractivity (Wildman–Crippen MR) is 386 cm³/mol. The lowest BCUT2D eigenvalue weighted by molar-refractivity contribution is -0.275. The summed E-state index contributed by atoms with van der Waals surface area (Å²) in [6, 6.07) is 98.8. The molecule has 0 bridgehead atoms. The van der Waals surface area contributed by atoms with Crippen LogP contribution in [0.25, 0.3) is 0 Å². The molecule has 0 radical (unpaired) electrons. The van der Waals surface area contributed by atoms with Gasteiger partial charge in [0.1, 0.15) is 78.9 Å². The van der Waals surface area contributed by atoms with Crippen molar-refractivity contribution in [2.24, 2.45) is 0 Å². The van der Waals surface area contributed by atoms with Crippen molar-refractivity contribution in [1.82, 2.24) is 0 Å². The monoisotopic (exact) mass is 1320 g/mol. The van der Waals surface area contributed by atoms with Crippen LogP contribution >= 0.6 is 0 Å². The average Bonchev–Trinajstić information content (AvgIpc) is 0.730. The molecule has 0 N–H and O–H groups in total. The Morgan fingerprint density at radius 3 is 1.20 bits per heavy atom. The average molecular weight is 1320 g/mol. The lowest BCUT2D eigenvalue weighted by Gasteiger charge is -2.47. The molecule has 3 unspecified atom stereocenters. The molecule has 5 atom stereocenters. The van der Waals surface area contributed by atoms with Crippen LogP contribution in [-0.4, -0.2) is 50.9 Å². The van der Waals surface area contributed by atoms with E-state index in [4.69, 9.17) is 42.3 Å². The van der Waals surface area contributed by atoms with Gasteiger partial charge in [0.05, 0.1) is 45.0 Å². The summed E-state index contributed by atoms with van der Waals surface area (Å²) in [6.45, 7) is 7.71. The van der Waals surface area contributed by atoms with Crippen molar-refractivity contribution in [3.8, 4) is 23.0 Å². The molecule has 0 aliphatic carbocycles. The molecule has 11 aromatic rings. The minimum atomic E-state index is -3.68. The Balaban J connectivity index is 1.10. The van der Waals surface area contributed by atoms with E-state index in [9.17, 15) is 0 Å². The molecular weight excluding hydrogens is 1240 g/mol. The highest BCUT2D eigenvalue weighted by molar-refractivity contribution is 7.00. The van der Waals surface area contributed by atoms with Gasteiger partial charge in [-0.1, -0.05) is 294 Å². The van der Waals surface area contributed by atoms with Crippen molar-refractivity contribution in [1.29, 1.82) is 0 Å². The lowest BCUT2D eigenvalue weighted by atomic mass is 9.87. The Bertz CT molecular complexity index is 4210. The first-order valence-electron chi connectivity index (χ1n) is 33.5. The highest BCUT2D eigenvalue weighted by atomic mass is 28.4. The summed E-state index contributed by atoms with van der Waals surface area (Å²) < 4.78 is 65.8. The van der Waals surface area contributed by atoms with Gasteiger partial charge >= 0.3 is 8.32 Å². The predicted octanol–water partition coefficient (Wildman–Crippen LogP) is 17.2. The number of benzene rings is 11. The van der Waals surface area contributed by atoms with Crippen LogP contribution in [0, 0.1) is 0 Å². The van der Waals surface area contributed by atoms with Crippen molar-refractivity contribution in [3.63, 3.8) is 0 Å². The smallest absolute Gasteiger partial charge is 0.319 e. The normalized spacial score (nSPS) is 16.2. The van der Waals surface area contributed by atoms with Crippen molar-refractivity contribution in [3.05, 3.63) is 359 Å². The van der Waals surface area contributed by atoms with Crippen LogP contribution in [0.4, 0.5) is 0 Å². The quantitative estimate of drug-likeness (QED) is 0.0235. The van der Waals surface area contributed by atoms with Crippen LogP contribution in [0.1, 0.15) is 98.5 Å². The summed E-state index contributed by atoms with van der Waals surface area (Å²) in [7, 11) is -3.68. The third kappa shape index (κ3) is 17.2. The SMILES string of the molecule is CC(C)(C)[Si](Oc1cc(OCc2ccccc2)c([C@@H]2OC(COCc3ccccc3)[C@@H](OCc3ccccc3)C(OCc3ccccc3)C2OCc2ccccc2)c(OCc2ccccc2)c1C(=O)CC(=O)c1ccc(OCc2ccccc2)cc1)(c1ccccc1)c1ccccc1. The van der Waals surface area contributed by atoms with E-state index in [1.807, 2.05) is 255 Å². The molecule has 12 heteroatoms. The third-order valence-electron chi connectivity index (χ3n) is 17.6. The molecule has 1 aliphatic heterocycles. The number of hydrogen-bond donors (Lipinski definition) is 0. The molecule has 1 saturated heterocycles. The minimum absolute atomic E-state index is 0.0265. The van der Waals surface area contributed by atoms with Gasteiger partial charge in [0.15, 0.2) is 11.6 Å². The number of ketones is 2. The van der Waals surface area contributed by atoms with E-state index in [0.717, 1.165) is 49.3 Å². The molecule has 496 valence electrons. The van der Waals surface area contributed by atoms with E-state index in [1.165, 1.54) is 0 Å². The van der Waals surface area contributed by atoms with Crippen LogP contribution in [0.2, 0.25) is 5.04 Å². The van der Waals surface area contributed by atoms with Gasteiger partial charge in [0.2, 0.25) is 0 Å². The fourth-order valence-corrected chi connectivity index (χ4v) is 17.0. The summed E-state index contributed by atoms with van der Waals surface area (Å²) in [5, 5.41) is 1.29. The number of rotatable bonds is 31. The van der Waals surface area contributed by atoms with E-state index >= 15 is 9.59 Å². The number of carbonyl (C=O) groups is 2. The van der Waals surface area contributed by atoms with Gasteiger partial charge in [0, 0.05) is 11.6 Å². The molecule has 1 aliphatic rings. The van der Waals surface area contributed by atoms with Gasteiger partial charge in [-0.3, -0.25) is 9.59 Å². The van der Waals surface area contributed by atoms with E-state index in [2.05, 4.69) is 45.0 Å². The second kappa shape index (κ2) is 33.3. The summed E-state index contributed by atoms with van der Waals surface area (Å²) >= 11 is 0. The maximum atomic E-state index is 16.7. The molecule has 98 heavy (non-hydrogen) atoms. The van der Waals surface area contributed by atoms with Crippen molar-refractivity contribution in [2.45, 2.75) is 109 Å². The Morgan fingerprint density at radius 1 is 0.388 bits per heavy atom. The van der Waals surface area contributed by atoms with Crippen molar-refractivity contribution < 1.29 is 51.9 Å². The van der Waals surface area contributed by atoms with Crippen molar-refractivity contribution in [2.75, 3.05) is 6.61 Å². The first-order chi connectivity index (χ1) is 48.1. The van der Waals surface area contributed by atoms with E-state index in [1.54, 1.807) is 24.3 Å². The number of ether oxygens (including phenoxy) is 8. The Morgan fingerprint density at radius 2 is 0.765 bits per heavy atom. The Kier molecular flexibility index (Phi) is 23.1. The van der Waals surface area contributed by atoms with Crippen LogP contribution in [-0.2, 0) is 69.9 Å². The number of hydrogen-bond acceptors (Lipinski definition) is 11. The van der Waals surface area contributed by atoms with Crippen LogP contribution in [0.3, 0.4) is 0 Å². The topological polar surface area (TPSA) is 117 Å². The third-order valence-corrected chi connectivity index (χ3v) is 22.5. The molecule has 11 nitrogen and oxygen atoms in total. The zero-order chi connectivity index (χ0) is 67.4. The minimum Gasteiger partial charge on any atom is -0.533 e. The second-order valence-electron chi connectivity index (χ2n) is 25.5. The largest absolute Gasteiger partial charge is 0.533 e. The lowest BCUT2D eigenvalue weighted by Crippen LogP contribution is -2.69. The summed E-state index contributed by atoms with van der Waals surface area (Å²) in [5.74, 6) is 0.117. The zero-order valence-corrected chi connectivity index (χ0v) is 56.6.